The molecule has 0 saturated carbocycles. The number of carbonyl (C=O) groups excluding carboxylic acids is 2. The van der Waals surface area contributed by atoms with Gasteiger partial charge in [-0.25, -0.2) is 0 Å². The maximum absolute atomic E-state index is 12.2. The first-order valence-corrected chi connectivity index (χ1v) is 7.77. The van der Waals surface area contributed by atoms with Crippen molar-refractivity contribution in [3.05, 3.63) is 17.2 Å². The lowest BCUT2D eigenvalue weighted by Crippen LogP contribution is -2.37. The Morgan fingerprint density at radius 3 is 2.39 bits per heavy atom. The maximum Gasteiger partial charge on any atom is 0.244 e. The number of unbranched alkanes of at least 4 members (excludes halogenated alkanes) is 1. The largest absolute Gasteiger partial charge is 0.495 e. The number of hydrogen-bond acceptors (Lipinski definition) is 4. The van der Waals surface area contributed by atoms with Gasteiger partial charge in [-0.05, 0) is 6.42 Å². The maximum atomic E-state index is 12.2. The highest BCUT2D eigenvalue weighted by atomic mass is 35.5. The molecule has 1 aromatic carbocycles. The molecule has 128 valence electrons. The monoisotopic (exact) mass is 342 g/mol. The molecule has 0 bridgehead atoms. The minimum absolute atomic E-state index is 0.0105. The number of hydrogen-bond donors (Lipinski definition) is 1. The lowest BCUT2D eigenvalue weighted by molar-refractivity contribution is -0.132. The fourth-order valence-corrected chi connectivity index (χ4v) is 2.25. The molecule has 0 spiro atoms. The van der Waals surface area contributed by atoms with Gasteiger partial charge in [-0.2, -0.15) is 0 Å². The van der Waals surface area contributed by atoms with Crippen molar-refractivity contribution in [2.45, 2.75) is 26.7 Å². The standard InChI is InChI=1S/C16H23ClN2O4/c1-5-6-7-19(11(2)20)10-16(21)18-13-9-14(22-3)12(17)8-15(13)23-4/h8-9H,5-7,10H2,1-4H3,(H,18,21). The summed E-state index contributed by atoms with van der Waals surface area (Å²) >= 11 is 6.03. The van der Waals surface area contributed by atoms with E-state index in [1.807, 2.05) is 6.92 Å². The summed E-state index contributed by atoms with van der Waals surface area (Å²) in [4.78, 5) is 25.3. The van der Waals surface area contributed by atoms with Gasteiger partial charge in [0, 0.05) is 25.6 Å². The van der Waals surface area contributed by atoms with Gasteiger partial charge >= 0.3 is 0 Å². The molecule has 0 radical (unpaired) electrons. The third-order valence-electron chi connectivity index (χ3n) is 3.31. The molecule has 0 aliphatic rings. The highest BCUT2D eigenvalue weighted by Crippen LogP contribution is 2.35. The molecule has 0 atom stereocenters. The van der Waals surface area contributed by atoms with Gasteiger partial charge in [-0.1, -0.05) is 24.9 Å². The molecule has 0 fully saturated rings. The Balaban J connectivity index is 2.85. The Morgan fingerprint density at radius 2 is 1.87 bits per heavy atom. The molecule has 0 aliphatic heterocycles. The molecule has 23 heavy (non-hydrogen) atoms. The number of nitrogens with one attached hydrogen (secondary N) is 1. The number of nitrogens with zero attached hydrogens (tertiary/aromatic N) is 1. The minimum atomic E-state index is -0.307. The Morgan fingerprint density at radius 1 is 1.22 bits per heavy atom. The zero-order valence-electron chi connectivity index (χ0n) is 13.9. The summed E-state index contributed by atoms with van der Waals surface area (Å²) in [5, 5.41) is 3.11. The number of benzene rings is 1. The van der Waals surface area contributed by atoms with E-state index in [9.17, 15) is 9.59 Å². The van der Waals surface area contributed by atoms with Crippen molar-refractivity contribution in [3.8, 4) is 11.5 Å². The predicted octanol–water partition coefficient (Wildman–Crippen LogP) is 2.94. The average molecular weight is 343 g/mol. The number of anilines is 1. The summed E-state index contributed by atoms with van der Waals surface area (Å²) in [6.07, 6.45) is 1.80. The lowest BCUT2D eigenvalue weighted by atomic mass is 10.2. The zero-order valence-corrected chi connectivity index (χ0v) is 14.7. The highest BCUT2D eigenvalue weighted by molar-refractivity contribution is 6.32. The summed E-state index contributed by atoms with van der Waals surface area (Å²) in [5.74, 6) is 0.414. The summed E-state index contributed by atoms with van der Waals surface area (Å²) < 4.78 is 10.3. The Bertz CT molecular complexity index is 563. The first-order valence-electron chi connectivity index (χ1n) is 7.39. The zero-order chi connectivity index (χ0) is 17.4. The molecule has 0 heterocycles. The van der Waals surface area contributed by atoms with Gasteiger partial charge in [0.2, 0.25) is 11.8 Å². The van der Waals surface area contributed by atoms with Crippen molar-refractivity contribution in [2.75, 3.05) is 32.6 Å². The molecule has 0 unspecified atom stereocenters. The van der Waals surface area contributed by atoms with Crippen molar-refractivity contribution in [3.63, 3.8) is 0 Å². The second kappa shape index (κ2) is 9.25. The molecular weight excluding hydrogens is 320 g/mol. The summed E-state index contributed by atoms with van der Waals surface area (Å²) in [6.45, 7) is 4.03. The molecule has 0 aromatic heterocycles. The molecule has 1 N–H and O–H groups in total. The van der Waals surface area contributed by atoms with E-state index in [1.54, 1.807) is 12.1 Å². The summed E-state index contributed by atoms with van der Waals surface area (Å²) in [5.41, 5.74) is 0.442. The van der Waals surface area contributed by atoms with E-state index in [2.05, 4.69) is 5.32 Å². The molecule has 7 heteroatoms. The van der Waals surface area contributed by atoms with Gasteiger partial charge in [0.15, 0.2) is 0 Å². The quantitative estimate of drug-likeness (QED) is 0.788. The number of methoxy groups -OCH3 is 2. The Kier molecular flexibility index (Phi) is 7.68. The molecule has 2 amide bonds. The molecule has 0 aliphatic carbocycles. The van der Waals surface area contributed by atoms with Crippen LogP contribution < -0.4 is 14.8 Å². The topological polar surface area (TPSA) is 67.9 Å². The molecule has 1 aromatic rings. The normalized spacial score (nSPS) is 10.1. The van der Waals surface area contributed by atoms with E-state index in [-0.39, 0.29) is 18.4 Å². The number of rotatable bonds is 8. The van der Waals surface area contributed by atoms with E-state index < -0.39 is 0 Å². The molecule has 1 rings (SSSR count). The first-order chi connectivity index (χ1) is 10.9. The van der Waals surface area contributed by atoms with Crippen molar-refractivity contribution >= 4 is 29.1 Å². The van der Waals surface area contributed by atoms with Crippen molar-refractivity contribution in [1.82, 2.24) is 4.90 Å². The van der Waals surface area contributed by atoms with Crippen LogP contribution in [0.4, 0.5) is 5.69 Å². The van der Waals surface area contributed by atoms with E-state index in [1.165, 1.54) is 26.0 Å². The number of amides is 2. The number of ether oxygens (including phenoxy) is 2. The smallest absolute Gasteiger partial charge is 0.244 e. The van der Waals surface area contributed by atoms with Crippen LogP contribution in [0.15, 0.2) is 12.1 Å². The fourth-order valence-electron chi connectivity index (χ4n) is 2.02. The fraction of sp³-hybridized carbons (Fsp3) is 0.500. The van der Waals surface area contributed by atoms with E-state index >= 15 is 0 Å². The van der Waals surface area contributed by atoms with Crippen LogP contribution in [0.1, 0.15) is 26.7 Å². The van der Waals surface area contributed by atoms with E-state index in [0.29, 0.717) is 28.8 Å². The van der Waals surface area contributed by atoms with Crippen molar-refractivity contribution in [2.24, 2.45) is 0 Å². The van der Waals surface area contributed by atoms with Crippen LogP contribution in [0, 0.1) is 0 Å². The second-order valence-electron chi connectivity index (χ2n) is 5.03. The van der Waals surface area contributed by atoms with Gasteiger partial charge in [-0.3, -0.25) is 9.59 Å². The van der Waals surface area contributed by atoms with Gasteiger partial charge in [0.05, 0.1) is 31.5 Å². The summed E-state index contributed by atoms with van der Waals surface area (Å²) in [7, 11) is 2.97. The average Bonchev–Trinajstić information content (AvgIpc) is 2.52. The van der Waals surface area contributed by atoms with E-state index in [4.69, 9.17) is 21.1 Å². The molecule has 0 saturated heterocycles. The van der Waals surface area contributed by atoms with E-state index in [0.717, 1.165) is 12.8 Å². The minimum Gasteiger partial charge on any atom is -0.495 e. The van der Waals surface area contributed by atoms with Gasteiger partial charge < -0.3 is 19.7 Å². The van der Waals surface area contributed by atoms with Crippen LogP contribution in [-0.4, -0.2) is 44.0 Å². The SMILES string of the molecule is CCCCN(CC(=O)Nc1cc(OC)c(Cl)cc1OC)C(C)=O. The van der Waals surface area contributed by atoms with Crippen LogP contribution in [0.25, 0.3) is 0 Å². The third-order valence-corrected chi connectivity index (χ3v) is 3.60. The highest BCUT2D eigenvalue weighted by Gasteiger charge is 2.16. The second-order valence-corrected chi connectivity index (χ2v) is 5.44. The number of halogens is 1. The van der Waals surface area contributed by atoms with Crippen LogP contribution in [0.3, 0.4) is 0 Å². The third kappa shape index (κ3) is 5.63. The Labute approximate surface area is 141 Å². The Hall–Kier alpha value is -1.95. The van der Waals surface area contributed by atoms with Crippen LogP contribution >= 0.6 is 11.6 Å². The lowest BCUT2D eigenvalue weighted by Gasteiger charge is -2.20. The van der Waals surface area contributed by atoms with Gasteiger partial charge in [0.1, 0.15) is 11.5 Å². The molecular formula is C16H23ClN2O4. The van der Waals surface area contributed by atoms with Gasteiger partial charge in [0.25, 0.3) is 0 Å². The van der Waals surface area contributed by atoms with Gasteiger partial charge in [-0.15, -0.1) is 0 Å². The summed E-state index contributed by atoms with van der Waals surface area (Å²) in [6, 6.07) is 3.15. The first kappa shape index (κ1) is 19.1. The van der Waals surface area contributed by atoms with Crippen LogP contribution in [0.5, 0.6) is 11.5 Å². The van der Waals surface area contributed by atoms with Crippen molar-refractivity contribution in [1.29, 1.82) is 0 Å². The molecule has 6 nitrogen and oxygen atoms in total. The number of carbonyl (C=O) groups is 2. The van der Waals surface area contributed by atoms with Crippen molar-refractivity contribution < 1.29 is 19.1 Å². The van der Waals surface area contributed by atoms with Crippen LogP contribution in [-0.2, 0) is 9.59 Å². The predicted molar refractivity (Wildman–Crippen MR) is 90.3 cm³/mol. The van der Waals surface area contributed by atoms with Crippen LogP contribution in [0.2, 0.25) is 5.02 Å².